The maximum absolute atomic E-state index is 12.3. The number of nitrogens with zero attached hydrogens (tertiary/aromatic N) is 1. The average Bonchev–Trinajstić information content (AvgIpc) is 2.96. The molecule has 0 aliphatic heterocycles. The van der Waals surface area contributed by atoms with Gasteiger partial charge in [0.05, 0.1) is 12.2 Å². The van der Waals surface area contributed by atoms with Crippen molar-refractivity contribution in [2.75, 3.05) is 0 Å². The Morgan fingerprint density at radius 2 is 1.80 bits per heavy atom. The molecule has 1 fully saturated rings. The molecule has 0 spiro atoms. The molecule has 0 aromatic heterocycles. The Morgan fingerprint density at radius 3 is 2.50 bits per heavy atom. The Hall–Kier alpha value is -1.67. The summed E-state index contributed by atoms with van der Waals surface area (Å²) >= 11 is 0. The van der Waals surface area contributed by atoms with Gasteiger partial charge >= 0.3 is 0 Å². The number of aliphatic hydroxyl groups excluding tert-OH is 2. The highest BCUT2D eigenvalue weighted by atomic mass is 16.3. The predicted molar refractivity (Wildman–Crippen MR) is 118 cm³/mol. The number of ketones is 1. The lowest BCUT2D eigenvalue weighted by molar-refractivity contribution is -0.122. The topological polar surface area (TPSA) is 151 Å². The number of nitrogens with one attached hydrogen (secondary N) is 1. The van der Waals surface area contributed by atoms with Crippen molar-refractivity contribution in [3.05, 3.63) is 0 Å². The number of hydrogen-bond donors (Lipinski definition) is 5. The number of Topliss-reactive ketones (excluding diaryl/α,β-unsaturated/α-hetero) is 1. The SMILES string of the molecule is CCCCCC(O)CCC1C(O)CC(=O)[C@@H]1CCCCCCCC(=O)NN=C(N)N. The maximum Gasteiger partial charge on any atom is 0.240 e. The van der Waals surface area contributed by atoms with Crippen LogP contribution in [0.5, 0.6) is 0 Å². The summed E-state index contributed by atoms with van der Waals surface area (Å²) in [5.41, 5.74) is 12.6. The molecule has 0 heterocycles. The fourth-order valence-corrected chi connectivity index (χ4v) is 4.31. The highest BCUT2D eigenvalue weighted by Gasteiger charge is 2.40. The molecule has 1 aliphatic carbocycles. The number of carbonyl (C=O) groups is 2. The van der Waals surface area contributed by atoms with Gasteiger partial charge in [-0.1, -0.05) is 51.9 Å². The predicted octanol–water partition coefficient (Wildman–Crippen LogP) is 2.31. The Kier molecular flexibility index (Phi) is 13.3. The first-order valence-corrected chi connectivity index (χ1v) is 11.6. The molecule has 7 N–H and O–H groups in total. The molecule has 1 amide bonds. The molecule has 174 valence electrons. The van der Waals surface area contributed by atoms with Gasteiger partial charge in [-0.3, -0.25) is 9.59 Å². The highest BCUT2D eigenvalue weighted by molar-refractivity contribution is 5.84. The van der Waals surface area contributed by atoms with E-state index >= 15 is 0 Å². The van der Waals surface area contributed by atoms with Crippen LogP contribution in [0, 0.1) is 11.8 Å². The first-order chi connectivity index (χ1) is 14.3. The van der Waals surface area contributed by atoms with Crippen LogP contribution in [-0.2, 0) is 9.59 Å². The van der Waals surface area contributed by atoms with Crippen LogP contribution < -0.4 is 16.9 Å². The van der Waals surface area contributed by atoms with E-state index in [0.29, 0.717) is 12.8 Å². The minimum Gasteiger partial charge on any atom is -0.393 e. The third-order valence-electron chi connectivity index (χ3n) is 6.04. The highest BCUT2D eigenvalue weighted by Crippen LogP contribution is 2.36. The monoisotopic (exact) mass is 426 g/mol. The Labute approximate surface area is 180 Å². The largest absolute Gasteiger partial charge is 0.393 e. The Bertz CT molecular complexity index is 537. The second-order valence-corrected chi connectivity index (χ2v) is 8.61. The van der Waals surface area contributed by atoms with Gasteiger partial charge in [0.2, 0.25) is 11.9 Å². The molecule has 8 nitrogen and oxygen atoms in total. The zero-order chi connectivity index (χ0) is 22.4. The van der Waals surface area contributed by atoms with Gasteiger partial charge in [0.15, 0.2) is 0 Å². The van der Waals surface area contributed by atoms with Crippen molar-refractivity contribution in [2.45, 2.75) is 109 Å². The van der Waals surface area contributed by atoms with Crippen LogP contribution in [-0.4, -0.2) is 40.1 Å². The van der Waals surface area contributed by atoms with Gasteiger partial charge in [0.25, 0.3) is 0 Å². The Morgan fingerprint density at radius 1 is 1.10 bits per heavy atom. The van der Waals surface area contributed by atoms with E-state index in [1.165, 1.54) is 0 Å². The smallest absolute Gasteiger partial charge is 0.240 e. The molecule has 30 heavy (non-hydrogen) atoms. The van der Waals surface area contributed by atoms with Crippen molar-refractivity contribution in [3.63, 3.8) is 0 Å². The summed E-state index contributed by atoms with van der Waals surface area (Å²) in [6.45, 7) is 2.14. The average molecular weight is 427 g/mol. The molecule has 0 aromatic carbocycles. The van der Waals surface area contributed by atoms with Gasteiger partial charge < -0.3 is 21.7 Å². The number of carbonyl (C=O) groups excluding carboxylic acids is 2. The van der Waals surface area contributed by atoms with Crippen molar-refractivity contribution in [1.82, 2.24) is 5.43 Å². The van der Waals surface area contributed by atoms with Crippen LogP contribution in [0.15, 0.2) is 5.10 Å². The van der Waals surface area contributed by atoms with Crippen molar-refractivity contribution in [2.24, 2.45) is 28.4 Å². The zero-order valence-corrected chi connectivity index (χ0v) is 18.5. The van der Waals surface area contributed by atoms with E-state index in [1.54, 1.807) is 0 Å². The van der Waals surface area contributed by atoms with Crippen LogP contribution in [0.4, 0.5) is 0 Å². The minimum absolute atomic E-state index is 0.0162. The van der Waals surface area contributed by atoms with Crippen molar-refractivity contribution in [1.29, 1.82) is 0 Å². The van der Waals surface area contributed by atoms with Crippen molar-refractivity contribution < 1.29 is 19.8 Å². The van der Waals surface area contributed by atoms with Crippen LogP contribution >= 0.6 is 0 Å². The molecule has 8 heteroatoms. The van der Waals surface area contributed by atoms with E-state index in [9.17, 15) is 19.8 Å². The molecular weight excluding hydrogens is 384 g/mol. The zero-order valence-electron chi connectivity index (χ0n) is 18.5. The second-order valence-electron chi connectivity index (χ2n) is 8.61. The number of nitrogens with two attached hydrogens (primary N) is 2. The summed E-state index contributed by atoms with van der Waals surface area (Å²) in [7, 11) is 0. The maximum atomic E-state index is 12.3. The lowest BCUT2D eigenvalue weighted by Crippen LogP contribution is -2.28. The number of hydrogen-bond acceptors (Lipinski definition) is 5. The first kappa shape index (κ1) is 26.4. The number of unbranched alkanes of at least 4 members (excludes halogenated alkanes) is 6. The van der Waals surface area contributed by atoms with E-state index in [2.05, 4.69) is 17.5 Å². The van der Waals surface area contributed by atoms with E-state index in [1.807, 2.05) is 0 Å². The van der Waals surface area contributed by atoms with Gasteiger partial charge in [-0.05, 0) is 38.0 Å². The van der Waals surface area contributed by atoms with E-state index in [4.69, 9.17) is 11.5 Å². The summed E-state index contributed by atoms with van der Waals surface area (Å²) in [6, 6.07) is 0. The van der Waals surface area contributed by atoms with E-state index < -0.39 is 6.10 Å². The van der Waals surface area contributed by atoms with Crippen LogP contribution in [0.3, 0.4) is 0 Å². The van der Waals surface area contributed by atoms with E-state index in [-0.39, 0.29) is 42.0 Å². The molecule has 0 saturated heterocycles. The molecule has 0 radical (unpaired) electrons. The normalized spacial score (nSPS) is 22.1. The summed E-state index contributed by atoms with van der Waals surface area (Å²) in [4.78, 5) is 23.8. The van der Waals surface area contributed by atoms with Crippen LogP contribution in [0.25, 0.3) is 0 Å². The third-order valence-corrected chi connectivity index (χ3v) is 6.04. The van der Waals surface area contributed by atoms with Crippen molar-refractivity contribution >= 4 is 17.6 Å². The van der Waals surface area contributed by atoms with Gasteiger partial charge in [0, 0.05) is 18.8 Å². The fraction of sp³-hybridized carbons (Fsp3) is 0.864. The number of guanidine groups is 1. The van der Waals surface area contributed by atoms with Crippen LogP contribution in [0.2, 0.25) is 0 Å². The van der Waals surface area contributed by atoms with Gasteiger partial charge in [-0.25, -0.2) is 5.43 Å². The third kappa shape index (κ3) is 10.9. The summed E-state index contributed by atoms with van der Waals surface area (Å²) in [5, 5.41) is 23.9. The lowest BCUT2D eigenvalue weighted by Gasteiger charge is -2.22. The molecule has 0 bridgehead atoms. The number of amides is 1. The quantitative estimate of drug-likeness (QED) is 0.111. The fourth-order valence-electron chi connectivity index (χ4n) is 4.31. The molecule has 4 atom stereocenters. The van der Waals surface area contributed by atoms with Crippen molar-refractivity contribution in [3.8, 4) is 0 Å². The number of hydrazone groups is 1. The number of rotatable bonds is 16. The second kappa shape index (κ2) is 15.2. The molecule has 0 aromatic rings. The number of aliphatic hydroxyl groups is 2. The van der Waals surface area contributed by atoms with Gasteiger partial charge in [-0.2, -0.15) is 0 Å². The summed E-state index contributed by atoms with van der Waals surface area (Å²) in [6.07, 6.45) is 10.7. The Balaban J connectivity index is 2.21. The molecular formula is C22H42N4O4. The molecule has 1 rings (SSSR count). The molecule has 1 saturated carbocycles. The standard InChI is InChI=1S/C22H42N4O4/c1-2-3-7-10-16(27)13-14-18-17(19(28)15-20(18)29)11-8-5-4-6-9-12-21(30)25-26-22(23)24/h16-18,20,27,29H,2-15H2,1H3,(H,25,30)(H4,23,24,26)/t16?,17-,18?,20?/m1/s1. The minimum atomic E-state index is -0.561. The lowest BCUT2D eigenvalue weighted by atomic mass is 9.85. The van der Waals surface area contributed by atoms with Crippen LogP contribution in [0.1, 0.15) is 96.8 Å². The summed E-state index contributed by atoms with van der Waals surface area (Å²) in [5.74, 6) is -0.289. The van der Waals surface area contributed by atoms with Gasteiger partial charge in [0.1, 0.15) is 5.78 Å². The van der Waals surface area contributed by atoms with E-state index in [0.717, 1.165) is 70.6 Å². The molecule has 3 unspecified atom stereocenters. The van der Waals surface area contributed by atoms with Gasteiger partial charge in [-0.15, -0.1) is 5.10 Å². The summed E-state index contributed by atoms with van der Waals surface area (Å²) < 4.78 is 0. The molecule has 1 aliphatic rings. The first-order valence-electron chi connectivity index (χ1n) is 11.6.